The quantitative estimate of drug-likeness (QED) is 0.681. The van der Waals surface area contributed by atoms with Crippen molar-refractivity contribution in [1.29, 1.82) is 0 Å². The number of aryl methyl sites for hydroxylation is 3. The second-order valence-corrected chi connectivity index (χ2v) is 6.39. The fourth-order valence-electron chi connectivity index (χ4n) is 2.98. The summed E-state index contributed by atoms with van der Waals surface area (Å²) < 4.78 is 1.70. The standard InChI is InChI=1S/C18H26N4O3/c1-12-11-14(16-13(2)21-22(3)17(16)20-12)18(25)19-10-8-6-4-5-7-9-15(23)24/h11H,4-10H2,1-3H3,(H,19,25)(H,23,24). The van der Waals surface area contributed by atoms with Gasteiger partial charge in [0.1, 0.15) is 0 Å². The van der Waals surface area contributed by atoms with Crippen molar-refractivity contribution in [2.24, 2.45) is 7.05 Å². The largest absolute Gasteiger partial charge is 0.481 e. The van der Waals surface area contributed by atoms with Crippen LogP contribution < -0.4 is 5.32 Å². The molecule has 0 aromatic carbocycles. The Morgan fingerprint density at radius 1 is 1.16 bits per heavy atom. The number of pyridine rings is 1. The summed E-state index contributed by atoms with van der Waals surface area (Å²) in [5.41, 5.74) is 2.93. The second-order valence-electron chi connectivity index (χ2n) is 6.39. The van der Waals surface area contributed by atoms with Crippen molar-refractivity contribution in [3.63, 3.8) is 0 Å². The Kier molecular flexibility index (Phi) is 6.50. The lowest BCUT2D eigenvalue weighted by atomic mass is 10.1. The predicted octanol–water partition coefficient (Wildman–Crippen LogP) is 2.74. The molecule has 0 atom stereocenters. The van der Waals surface area contributed by atoms with Crippen LogP contribution >= 0.6 is 0 Å². The van der Waals surface area contributed by atoms with Gasteiger partial charge in [0.25, 0.3) is 5.91 Å². The number of aliphatic carboxylic acids is 1. The molecule has 0 saturated carbocycles. The minimum atomic E-state index is -0.739. The monoisotopic (exact) mass is 346 g/mol. The van der Waals surface area contributed by atoms with Crippen LogP contribution in [0.3, 0.4) is 0 Å². The second kappa shape index (κ2) is 8.60. The molecule has 2 aromatic rings. The zero-order valence-electron chi connectivity index (χ0n) is 15.1. The third kappa shape index (κ3) is 5.01. The van der Waals surface area contributed by atoms with Crippen molar-refractivity contribution >= 4 is 22.9 Å². The molecule has 2 aromatic heterocycles. The van der Waals surface area contributed by atoms with Crippen LogP contribution in [0.1, 0.15) is 60.3 Å². The fourth-order valence-corrected chi connectivity index (χ4v) is 2.98. The van der Waals surface area contributed by atoms with E-state index in [-0.39, 0.29) is 12.3 Å². The molecule has 2 N–H and O–H groups in total. The van der Waals surface area contributed by atoms with Gasteiger partial charge in [-0.15, -0.1) is 0 Å². The van der Waals surface area contributed by atoms with Crippen molar-refractivity contribution in [2.75, 3.05) is 6.54 Å². The van der Waals surface area contributed by atoms with Gasteiger partial charge in [-0.05, 0) is 32.8 Å². The number of carboxylic acid groups (broad SMARTS) is 1. The first-order valence-corrected chi connectivity index (χ1v) is 8.71. The first kappa shape index (κ1) is 18.9. The summed E-state index contributed by atoms with van der Waals surface area (Å²) in [5, 5.41) is 16.7. The zero-order valence-corrected chi connectivity index (χ0v) is 15.1. The molecular weight excluding hydrogens is 320 g/mol. The molecule has 1 amide bonds. The summed E-state index contributed by atoms with van der Waals surface area (Å²) in [6.07, 6.45) is 4.73. The number of nitrogens with one attached hydrogen (secondary N) is 1. The number of carboxylic acids is 1. The van der Waals surface area contributed by atoms with Gasteiger partial charge in [0.05, 0.1) is 16.6 Å². The number of carbonyl (C=O) groups excluding carboxylic acids is 1. The smallest absolute Gasteiger partial charge is 0.303 e. The summed E-state index contributed by atoms with van der Waals surface area (Å²) in [7, 11) is 1.83. The molecule has 25 heavy (non-hydrogen) atoms. The van der Waals surface area contributed by atoms with Crippen LogP contribution in [-0.2, 0) is 11.8 Å². The molecule has 0 bridgehead atoms. The van der Waals surface area contributed by atoms with E-state index in [9.17, 15) is 9.59 Å². The molecule has 7 nitrogen and oxygen atoms in total. The maximum Gasteiger partial charge on any atom is 0.303 e. The highest BCUT2D eigenvalue weighted by Crippen LogP contribution is 2.21. The van der Waals surface area contributed by atoms with Gasteiger partial charge in [-0.2, -0.15) is 5.10 Å². The Labute approximate surface area is 147 Å². The summed E-state index contributed by atoms with van der Waals surface area (Å²) in [5.74, 6) is -0.839. The Morgan fingerprint density at radius 2 is 1.84 bits per heavy atom. The van der Waals surface area contributed by atoms with Crippen LogP contribution in [0, 0.1) is 13.8 Å². The third-order valence-electron chi connectivity index (χ3n) is 4.19. The Morgan fingerprint density at radius 3 is 2.56 bits per heavy atom. The predicted molar refractivity (Wildman–Crippen MR) is 95.7 cm³/mol. The molecule has 0 spiro atoms. The average molecular weight is 346 g/mol. The molecular formula is C18H26N4O3. The molecule has 2 rings (SSSR count). The van der Waals surface area contributed by atoms with E-state index in [1.165, 1.54) is 0 Å². The molecule has 0 aliphatic rings. The molecule has 0 radical (unpaired) electrons. The van der Waals surface area contributed by atoms with Crippen LogP contribution in [0.25, 0.3) is 11.0 Å². The number of carbonyl (C=O) groups is 2. The number of fused-ring (bicyclic) bond motifs is 1. The highest BCUT2D eigenvalue weighted by Gasteiger charge is 2.17. The Hall–Kier alpha value is -2.44. The van der Waals surface area contributed by atoms with Gasteiger partial charge in [-0.3, -0.25) is 14.3 Å². The van der Waals surface area contributed by atoms with E-state index in [4.69, 9.17) is 5.11 Å². The van der Waals surface area contributed by atoms with Gasteiger partial charge < -0.3 is 10.4 Å². The number of unbranched alkanes of at least 4 members (excludes halogenated alkanes) is 4. The molecule has 7 heteroatoms. The maximum absolute atomic E-state index is 12.5. The summed E-state index contributed by atoms with van der Waals surface area (Å²) in [6.45, 7) is 4.36. The fraction of sp³-hybridized carbons (Fsp3) is 0.556. The molecule has 0 aliphatic heterocycles. The van der Waals surface area contributed by atoms with Crippen molar-refractivity contribution in [1.82, 2.24) is 20.1 Å². The number of nitrogens with zero attached hydrogens (tertiary/aromatic N) is 3. The Bertz CT molecular complexity index is 767. The lowest BCUT2D eigenvalue weighted by Gasteiger charge is -2.08. The SMILES string of the molecule is Cc1cc(C(=O)NCCCCCCCC(=O)O)c2c(C)nn(C)c2n1. The van der Waals surface area contributed by atoms with Crippen molar-refractivity contribution in [2.45, 2.75) is 52.4 Å². The van der Waals surface area contributed by atoms with E-state index in [1.807, 2.05) is 20.9 Å². The van der Waals surface area contributed by atoms with Gasteiger partial charge >= 0.3 is 5.97 Å². The van der Waals surface area contributed by atoms with E-state index in [2.05, 4.69) is 15.4 Å². The van der Waals surface area contributed by atoms with E-state index in [1.54, 1.807) is 10.7 Å². The van der Waals surface area contributed by atoms with Crippen LogP contribution in [0.2, 0.25) is 0 Å². The first-order chi connectivity index (χ1) is 11.9. The van der Waals surface area contributed by atoms with Crippen LogP contribution in [-0.4, -0.2) is 38.3 Å². The zero-order chi connectivity index (χ0) is 18.4. The van der Waals surface area contributed by atoms with Crippen LogP contribution in [0.5, 0.6) is 0 Å². The first-order valence-electron chi connectivity index (χ1n) is 8.71. The summed E-state index contributed by atoms with van der Waals surface area (Å²) in [6, 6.07) is 1.80. The van der Waals surface area contributed by atoms with Crippen molar-refractivity contribution < 1.29 is 14.7 Å². The van der Waals surface area contributed by atoms with E-state index < -0.39 is 5.97 Å². The minimum absolute atomic E-state index is 0.0996. The number of rotatable bonds is 9. The number of amides is 1. The number of hydrogen-bond donors (Lipinski definition) is 2. The summed E-state index contributed by atoms with van der Waals surface area (Å²) >= 11 is 0. The molecule has 136 valence electrons. The maximum atomic E-state index is 12.5. The van der Waals surface area contributed by atoms with Gasteiger partial charge in [0.2, 0.25) is 0 Å². The van der Waals surface area contributed by atoms with Gasteiger partial charge in [-0.25, -0.2) is 4.98 Å². The highest BCUT2D eigenvalue weighted by molar-refractivity contribution is 6.06. The van der Waals surface area contributed by atoms with Gasteiger partial charge in [0, 0.05) is 25.7 Å². The Balaban J connectivity index is 1.85. The topological polar surface area (TPSA) is 97.1 Å². The van der Waals surface area contributed by atoms with Crippen LogP contribution in [0.15, 0.2) is 6.07 Å². The molecule has 0 fully saturated rings. The average Bonchev–Trinajstić information content (AvgIpc) is 2.83. The van der Waals surface area contributed by atoms with E-state index in [0.29, 0.717) is 12.1 Å². The molecule has 0 unspecified atom stereocenters. The van der Waals surface area contributed by atoms with Gasteiger partial charge in [0.15, 0.2) is 5.65 Å². The highest BCUT2D eigenvalue weighted by atomic mass is 16.4. The third-order valence-corrected chi connectivity index (χ3v) is 4.19. The molecule has 0 aliphatic carbocycles. The normalized spacial score (nSPS) is 11.0. The summed E-state index contributed by atoms with van der Waals surface area (Å²) in [4.78, 5) is 27.4. The molecule has 2 heterocycles. The molecule has 0 saturated heterocycles. The van der Waals surface area contributed by atoms with Crippen molar-refractivity contribution in [3.8, 4) is 0 Å². The van der Waals surface area contributed by atoms with Crippen molar-refractivity contribution in [3.05, 3.63) is 23.0 Å². The lowest BCUT2D eigenvalue weighted by molar-refractivity contribution is -0.137. The van der Waals surface area contributed by atoms with E-state index >= 15 is 0 Å². The number of hydrogen-bond acceptors (Lipinski definition) is 4. The van der Waals surface area contributed by atoms with E-state index in [0.717, 1.165) is 54.5 Å². The minimum Gasteiger partial charge on any atom is -0.481 e. The lowest BCUT2D eigenvalue weighted by Crippen LogP contribution is -2.25. The van der Waals surface area contributed by atoms with Crippen LogP contribution in [0.4, 0.5) is 0 Å². The number of aromatic nitrogens is 3. The van der Waals surface area contributed by atoms with Gasteiger partial charge in [-0.1, -0.05) is 19.3 Å².